The van der Waals surface area contributed by atoms with E-state index >= 15 is 0 Å². The summed E-state index contributed by atoms with van der Waals surface area (Å²) < 4.78 is 0. The Hall–Kier alpha value is -1.83. The maximum Gasteiger partial charge on any atom is 0.0366 e. The highest BCUT2D eigenvalue weighted by Crippen LogP contribution is 2.24. The third kappa shape index (κ3) is 2.16. The summed E-state index contributed by atoms with van der Waals surface area (Å²) >= 11 is 0. The molecule has 2 nitrogen and oxygen atoms in total. The molecule has 1 aromatic heterocycles. The average molecular weight is 224 g/mol. The van der Waals surface area contributed by atoms with Gasteiger partial charge in [-0.25, -0.2) is 0 Å². The normalized spacial score (nSPS) is 15.2. The number of hydrogen-bond donors (Lipinski definition) is 0. The number of anilines is 1. The Labute approximate surface area is 102 Å². The van der Waals surface area contributed by atoms with Gasteiger partial charge < -0.3 is 4.90 Å². The quantitative estimate of drug-likeness (QED) is 0.777. The first-order chi connectivity index (χ1) is 8.43. The highest BCUT2D eigenvalue weighted by atomic mass is 15.1. The van der Waals surface area contributed by atoms with Crippen molar-refractivity contribution in [2.24, 2.45) is 0 Å². The minimum absolute atomic E-state index is 1.20. The molecule has 1 aromatic carbocycles. The maximum atomic E-state index is 4.04. The zero-order chi connectivity index (χ0) is 11.5. The van der Waals surface area contributed by atoms with E-state index in [0.717, 1.165) is 0 Å². The smallest absolute Gasteiger partial charge is 0.0366 e. The van der Waals surface area contributed by atoms with Gasteiger partial charge in [0.1, 0.15) is 0 Å². The Kier molecular flexibility index (Phi) is 2.78. The second-order valence-electron chi connectivity index (χ2n) is 4.48. The van der Waals surface area contributed by atoms with Gasteiger partial charge in [-0.05, 0) is 48.2 Å². The summed E-state index contributed by atoms with van der Waals surface area (Å²) in [5.74, 6) is 0. The molecule has 0 radical (unpaired) electrons. The zero-order valence-electron chi connectivity index (χ0n) is 9.84. The summed E-state index contributed by atoms with van der Waals surface area (Å²) in [6.45, 7) is 2.41. The van der Waals surface area contributed by atoms with Gasteiger partial charge in [0.25, 0.3) is 0 Å². The van der Waals surface area contributed by atoms with Crippen LogP contribution in [0, 0.1) is 0 Å². The SMILES string of the molecule is c1cc(-c2ccc(N3CCCC3)cc2)ccn1. The molecule has 0 atom stereocenters. The van der Waals surface area contributed by atoms with E-state index in [2.05, 4.69) is 34.1 Å². The van der Waals surface area contributed by atoms with E-state index in [9.17, 15) is 0 Å². The van der Waals surface area contributed by atoms with Gasteiger partial charge in [0.05, 0.1) is 0 Å². The Morgan fingerprint density at radius 1 is 0.765 bits per heavy atom. The Bertz CT molecular complexity index is 470. The molecular formula is C15H16N2. The van der Waals surface area contributed by atoms with Gasteiger partial charge >= 0.3 is 0 Å². The van der Waals surface area contributed by atoms with Gasteiger partial charge in [0.15, 0.2) is 0 Å². The number of pyridine rings is 1. The molecule has 0 bridgehead atoms. The summed E-state index contributed by atoms with van der Waals surface area (Å²) in [6, 6.07) is 12.9. The number of aromatic nitrogens is 1. The van der Waals surface area contributed by atoms with Crippen molar-refractivity contribution in [3.05, 3.63) is 48.8 Å². The molecule has 17 heavy (non-hydrogen) atoms. The number of nitrogens with zero attached hydrogens (tertiary/aromatic N) is 2. The molecule has 1 saturated heterocycles. The van der Waals surface area contributed by atoms with Crippen LogP contribution in [-0.2, 0) is 0 Å². The molecule has 0 N–H and O–H groups in total. The third-order valence-electron chi connectivity index (χ3n) is 3.35. The van der Waals surface area contributed by atoms with E-state index < -0.39 is 0 Å². The van der Waals surface area contributed by atoms with Crippen LogP contribution < -0.4 is 4.90 Å². The molecule has 1 aliphatic heterocycles. The zero-order valence-corrected chi connectivity index (χ0v) is 9.84. The lowest BCUT2D eigenvalue weighted by atomic mass is 10.1. The fourth-order valence-corrected chi connectivity index (χ4v) is 2.38. The van der Waals surface area contributed by atoms with E-state index in [1.165, 1.54) is 42.7 Å². The lowest BCUT2D eigenvalue weighted by Crippen LogP contribution is -2.17. The minimum Gasteiger partial charge on any atom is -0.372 e. The fourth-order valence-electron chi connectivity index (χ4n) is 2.38. The van der Waals surface area contributed by atoms with E-state index in [4.69, 9.17) is 0 Å². The van der Waals surface area contributed by atoms with Crippen molar-refractivity contribution >= 4 is 5.69 Å². The van der Waals surface area contributed by atoms with Crippen molar-refractivity contribution in [3.63, 3.8) is 0 Å². The van der Waals surface area contributed by atoms with E-state index in [1.54, 1.807) is 0 Å². The molecule has 3 rings (SSSR count). The largest absolute Gasteiger partial charge is 0.372 e. The number of hydrogen-bond acceptors (Lipinski definition) is 2. The number of rotatable bonds is 2. The molecule has 0 aliphatic carbocycles. The van der Waals surface area contributed by atoms with Crippen LogP contribution in [-0.4, -0.2) is 18.1 Å². The lowest BCUT2D eigenvalue weighted by Gasteiger charge is -2.17. The van der Waals surface area contributed by atoms with Crippen molar-refractivity contribution in [2.75, 3.05) is 18.0 Å². The molecule has 0 spiro atoms. The van der Waals surface area contributed by atoms with Gasteiger partial charge in [-0.1, -0.05) is 12.1 Å². The van der Waals surface area contributed by atoms with Gasteiger partial charge in [-0.2, -0.15) is 0 Å². The van der Waals surface area contributed by atoms with Gasteiger partial charge in [-0.15, -0.1) is 0 Å². The van der Waals surface area contributed by atoms with Crippen molar-refractivity contribution in [2.45, 2.75) is 12.8 Å². The molecule has 0 amide bonds. The van der Waals surface area contributed by atoms with Crippen LogP contribution >= 0.6 is 0 Å². The van der Waals surface area contributed by atoms with E-state index in [1.807, 2.05) is 24.5 Å². The van der Waals surface area contributed by atoms with Crippen LogP contribution in [0.15, 0.2) is 48.8 Å². The van der Waals surface area contributed by atoms with Crippen molar-refractivity contribution in [1.82, 2.24) is 4.98 Å². The summed E-state index contributed by atoms with van der Waals surface area (Å²) in [5, 5.41) is 0. The second kappa shape index (κ2) is 4.58. The molecule has 86 valence electrons. The van der Waals surface area contributed by atoms with Gasteiger partial charge in [0.2, 0.25) is 0 Å². The first-order valence-electron chi connectivity index (χ1n) is 6.19. The summed E-state index contributed by atoms with van der Waals surface area (Å²) in [6.07, 6.45) is 6.33. The van der Waals surface area contributed by atoms with Crippen molar-refractivity contribution in [1.29, 1.82) is 0 Å². The first-order valence-corrected chi connectivity index (χ1v) is 6.19. The van der Waals surface area contributed by atoms with Crippen LogP contribution in [0.1, 0.15) is 12.8 Å². The number of benzene rings is 1. The molecule has 0 unspecified atom stereocenters. The van der Waals surface area contributed by atoms with Crippen molar-refractivity contribution < 1.29 is 0 Å². The van der Waals surface area contributed by atoms with Crippen LogP contribution in [0.4, 0.5) is 5.69 Å². The molecule has 0 saturated carbocycles. The lowest BCUT2D eigenvalue weighted by molar-refractivity contribution is 0.949. The second-order valence-corrected chi connectivity index (χ2v) is 4.48. The van der Waals surface area contributed by atoms with Gasteiger partial charge in [0, 0.05) is 31.2 Å². The minimum atomic E-state index is 1.20. The molecule has 1 fully saturated rings. The summed E-state index contributed by atoms with van der Waals surface area (Å²) in [4.78, 5) is 6.50. The molecule has 2 aromatic rings. The Morgan fingerprint density at radius 2 is 1.35 bits per heavy atom. The highest BCUT2D eigenvalue weighted by molar-refractivity contribution is 5.65. The third-order valence-corrected chi connectivity index (χ3v) is 3.35. The maximum absolute atomic E-state index is 4.04. The fraction of sp³-hybridized carbons (Fsp3) is 0.267. The molecule has 1 aliphatic rings. The van der Waals surface area contributed by atoms with E-state index in [-0.39, 0.29) is 0 Å². The topological polar surface area (TPSA) is 16.1 Å². The predicted octanol–water partition coefficient (Wildman–Crippen LogP) is 3.35. The Balaban J connectivity index is 1.85. The van der Waals surface area contributed by atoms with E-state index in [0.29, 0.717) is 0 Å². The van der Waals surface area contributed by atoms with Crippen molar-refractivity contribution in [3.8, 4) is 11.1 Å². The summed E-state index contributed by atoms with van der Waals surface area (Å²) in [7, 11) is 0. The van der Waals surface area contributed by atoms with Gasteiger partial charge in [-0.3, -0.25) is 4.98 Å². The van der Waals surface area contributed by atoms with Crippen LogP contribution in [0.3, 0.4) is 0 Å². The summed E-state index contributed by atoms with van der Waals surface area (Å²) in [5.41, 5.74) is 3.84. The van der Waals surface area contributed by atoms with Crippen LogP contribution in [0.2, 0.25) is 0 Å². The molecule has 2 heteroatoms. The van der Waals surface area contributed by atoms with Crippen LogP contribution in [0.5, 0.6) is 0 Å². The standard InChI is InChI=1S/C15H16N2/c1-2-12-17(11-1)15-5-3-13(4-6-15)14-7-9-16-10-8-14/h3-10H,1-2,11-12H2. The average Bonchev–Trinajstić information content (AvgIpc) is 2.94. The molecule has 2 heterocycles. The first kappa shape index (κ1) is 10.3. The Morgan fingerprint density at radius 3 is 2.00 bits per heavy atom. The predicted molar refractivity (Wildman–Crippen MR) is 71.1 cm³/mol. The highest BCUT2D eigenvalue weighted by Gasteiger charge is 2.11. The monoisotopic (exact) mass is 224 g/mol. The molecular weight excluding hydrogens is 208 g/mol. The van der Waals surface area contributed by atoms with Crippen LogP contribution in [0.25, 0.3) is 11.1 Å².